The van der Waals surface area contributed by atoms with Crippen LogP contribution in [0.15, 0.2) is 48.7 Å². The summed E-state index contributed by atoms with van der Waals surface area (Å²) in [6, 6.07) is 11.2. The maximum absolute atomic E-state index is 13.3. The Hall–Kier alpha value is -4.09. The molecule has 3 aromatic rings. The summed E-state index contributed by atoms with van der Waals surface area (Å²) < 4.78 is 50.5. The number of likely N-dealkylation sites (tertiary alicyclic amines) is 1. The van der Waals surface area contributed by atoms with Crippen LogP contribution in [-0.2, 0) is 13.2 Å². The number of nitrogens with zero attached hydrogens (tertiary/aromatic N) is 4. The Morgan fingerprint density at radius 1 is 1.11 bits per heavy atom. The van der Waals surface area contributed by atoms with Crippen molar-refractivity contribution in [1.29, 1.82) is 0 Å². The monoisotopic (exact) mass is 517 g/mol. The molecule has 1 fully saturated rings. The van der Waals surface area contributed by atoms with E-state index in [2.05, 4.69) is 15.4 Å². The minimum absolute atomic E-state index is 0.200. The van der Waals surface area contributed by atoms with Crippen molar-refractivity contribution in [3.8, 4) is 11.6 Å². The molecule has 1 aliphatic rings. The Labute approximate surface area is 211 Å². The summed E-state index contributed by atoms with van der Waals surface area (Å²) >= 11 is 0. The van der Waals surface area contributed by atoms with Gasteiger partial charge in [-0.2, -0.15) is 18.3 Å². The third kappa shape index (κ3) is 5.52. The lowest BCUT2D eigenvalue weighted by molar-refractivity contribution is -0.141. The maximum Gasteiger partial charge on any atom is 0.435 e. The summed E-state index contributed by atoms with van der Waals surface area (Å²) in [5, 5.41) is 6.29. The van der Waals surface area contributed by atoms with Crippen molar-refractivity contribution < 1.29 is 32.2 Å². The normalized spacial score (nSPS) is 17.8. The van der Waals surface area contributed by atoms with E-state index in [0.29, 0.717) is 24.3 Å². The van der Waals surface area contributed by atoms with Crippen LogP contribution in [0.1, 0.15) is 44.4 Å². The number of nitrogens with one attached hydrogen (secondary N) is 1. The Balaban J connectivity index is 1.56. The van der Waals surface area contributed by atoms with E-state index in [-0.39, 0.29) is 29.9 Å². The van der Waals surface area contributed by atoms with Crippen LogP contribution in [0.3, 0.4) is 0 Å². The van der Waals surface area contributed by atoms with Crippen molar-refractivity contribution in [3.63, 3.8) is 0 Å². The fourth-order valence-electron chi connectivity index (χ4n) is 4.44. The van der Waals surface area contributed by atoms with Crippen molar-refractivity contribution in [3.05, 3.63) is 71.2 Å². The molecular weight excluding hydrogens is 491 g/mol. The van der Waals surface area contributed by atoms with E-state index >= 15 is 0 Å². The van der Waals surface area contributed by atoms with E-state index < -0.39 is 23.8 Å². The highest BCUT2D eigenvalue weighted by Crippen LogP contribution is 2.31. The quantitative estimate of drug-likeness (QED) is 0.539. The van der Waals surface area contributed by atoms with Gasteiger partial charge in [0.05, 0.1) is 19.8 Å². The van der Waals surface area contributed by atoms with Crippen molar-refractivity contribution in [2.75, 3.05) is 27.3 Å². The summed E-state index contributed by atoms with van der Waals surface area (Å²) in [5.41, 5.74) is -0.129. The number of ether oxygens (including phenoxy) is 2. The van der Waals surface area contributed by atoms with Crippen molar-refractivity contribution in [1.82, 2.24) is 25.0 Å². The standard InChI is InChI=1S/C25H26F3N5O4/c1-32-19(12-21(31-32)25(26,27)28)22(34)30-18-9-10-33(14-17(18)15-7-5-4-6-8-15)24(35)16-11-20(36-2)23(37-3)29-13-16/h4-8,11-13,17-18H,9-10,14H2,1-3H3,(H,30,34)/t17-,18+/m0/s1. The van der Waals surface area contributed by atoms with E-state index in [0.717, 1.165) is 16.3 Å². The number of pyridine rings is 1. The lowest BCUT2D eigenvalue weighted by Gasteiger charge is -2.39. The average Bonchev–Trinajstić information content (AvgIpc) is 3.31. The summed E-state index contributed by atoms with van der Waals surface area (Å²) in [5.74, 6) is -0.650. The number of hydrogen-bond acceptors (Lipinski definition) is 6. The number of amides is 2. The van der Waals surface area contributed by atoms with Crippen LogP contribution in [0.25, 0.3) is 0 Å². The van der Waals surface area contributed by atoms with Crippen LogP contribution in [0, 0.1) is 0 Å². The first-order chi connectivity index (χ1) is 17.6. The second-order valence-corrected chi connectivity index (χ2v) is 8.61. The number of alkyl halides is 3. The van der Waals surface area contributed by atoms with Crippen molar-refractivity contribution >= 4 is 11.8 Å². The number of hydrogen-bond donors (Lipinski definition) is 1. The first kappa shape index (κ1) is 26.0. The molecule has 0 unspecified atom stereocenters. The van der Waals surface area contributed by atoms with Gasteiger partial charge in [-0.15, -0.1) is 0 Å². The number of benzene rings is 1. The zero-order valence-electron chi connectivity index (χ0n) is 20.5. The van der Waals surface area contributed by atoms with E-state index in [4.69, 9.17) is 9.47 Å². The van der Waals surface area contributed by atoms with E-state index in [9.17, 15) is 22.8 Å². The van der Waals surface area contributed by atoms with Gasteiger partial charge >= 0.3 is 6.18 Å². The Morgan fingerprint density at radius 2 is 1.84 bits per heavy atom. The summed E-state index contributed by atoms with van der Waals surface area (Å²) in [6.45, 7) is 0.599. The number of aromatic nitrogens is 3. The van der Waals surface area contributed by atoms with E-state index in [1.54, 1.807) is 11.0 Å². The molecule has 3 heterocycles. The van der Waals surface area contributed by atoms with Crippen LogP contribution in [0.2, 0.25) is 0 Å². The van der Waals surface area contributed by atoms with Gasteiger partial charge in [0.1, 0.15) is 5.69 Å². The van der Waals surface area contributed by atoms with Gasteiger partial charge in [-0.25, -0.2) is 4.98 Å². The topological polar surface area (TPSA) is 98.6 Å². The predicted molar refractivity (Wildman–Crippen MR) is 127 cm³/mol. The van der Waals surface area contributed by atoms with Gasteiger partial charge in [0, 0.05) is 50.4 Å². The molecule has 1 saturated heterocycles. The van der Waals surface area contributed by atoms with E-state index in [1.165, 1.54) is 27.5 Å². The number of aryl methyl sites for hydroxylation is 1. The van der Waals surface area contributed by atoms with Crippen molar-refractivity contribution in [2.45, 2.75) is 24.6 Å². The molecule has 1 N–H and O–H groups in total. The molecule has 2 aromatic heterocycles. The first-order valence-corrected chi connectivity index (χ1v) is 11.5. The second-order valence-electron chi connectivity index (χ2n) is 8.61. The molecular formula is C25H26F3N5O4. The predicted octanol–water partition coefficient (Wildman–Crippen LogP) is 3.28. The highest BCUT2D eigenvalue weighted by molar-refractivity contribution is 5.95. The number of carbonyl (C=O) groups is 2. The maximum atomic E-state index is 13.3. The third-order valence-corrected chi connectivity index (χ3v) is 6.33. The molecule has 196 valence electrons. The zero-order valence-corrected chi connectivity index (χ0v) is 20.5. The molecule has 2 amide bonds. The van der Waals surface area contributed by atoms with Gasteiger partial charge in [0.15, 0.2) is 11.4 Å². The first-order valence-electron chi connectivity index (χ1n) is 11.5. The summed E-state index contributed by atoms with van der Waals surface area (Å²) in [7, 11) is 4.19. The highest BCUT2D eigenvalue weighted by atomic mass is 19.4. The fourth-order valence-corrected chi connectivity index (χ4v) is 4.44. The largest absolute Gasteiger partial charge is 0.491 e. The minimum atomic E-state index is -4.66. The number of carbonyl (C=O) groups excluding carboxylic acids is 2. The van der Waals surface area contributed by atoms with Gasteiger partial charge < -0.3 is 19.7 Å². The molecule has 9 nitrogen and oxygen atoms in total. The minimum Gasteiger partial charge on any atom is -0.491 e. The lowest BCUT2D eigenvalue weighted by atomic mass is 9.85. The van der Waals surface area contributed by atoms with Gasteiger partial charge in [-0.3, -0.25) is 14.3 Å². The number of rotatable bonds is 6. The van der Waals surface area contributed by atoms with Gasteiger partial charge in [0.2, 0.25) is 0 Å². The molecule has 1 aromatic carbocycles. The molecule has 1 aliphatic heterocycles. The number of halogens is 3. The molecule has 2 atom stereocenters. The molecule has 0 spiro atoms. The SMILES string of the molecule is COc1cc(C(=O)N2CC[C@@H](NC(=O)c3cc(C(F)(F)F)nn3C)[C@H](c3ccccc3)C2)cnc1OC. The molecule has 12 heteroatoms. The molecule has 0 saturated carbocycles. The highest BCUT2D eigenvalue weighted by Gasteiger charge is 2.37. The van der Waals surface area contributed by atoms with Crippen LogP contribution in [0.5, 0.6) is 11.6 Å². The molecule has 4 rings (SSSR count). The summed E-state index contributed by atoms with van der Waals surface area (Å²) in [6.07, 6.45) is -2.86. The van der Waals surface area contributed by atoms with Crippen LogP contribution in [0.4, 0.5) is 13.2 Å². The lowest BCUT2D eigenvalue weighted by Crippen LogP contribution is -2.51. The summed E-state index contributed by atoms with van der Waals surface area (Å²) in [4.78, 5) is 32.1. The third-order valence-electron chi connectivity index (χ3n) is 6.33. The average molecular weight is 518 g/mol. The van der Waals surface area contributed by atoms with Crippen molar-refractivity contribution in [2.24, 2.45) is 7.05 Å². The second kappa shape index (κ2) is 10.5. The van der Waals surface area contributed by atoms with Crippen LogP contribution < -0.4 is 14.8 Å². The van der Waals surface area contributed by atoms with Gasteiger partial charge in [-0.1, -0.05) is 30.3 Å². The molecule has 0 bridgehead atoms. The zero-order chi connectivity index (χ0) is 26.7. The van der Waals surface area contributed by atoms with Crippen LogP contribution in [-0.4, -0.2) is 64.8 Å². The van der Waals surface area contributed by atoms with Gasteiger partial charge in [0.25, 0.3) is 17.7 Å². The Kier molecular flexibility index (Phi) is 7.37. The fraction of sp³-hybridized carbons (Fsp3) is 0.360. The van der Waals surface area contributed by atoms with Gasteiger partial charge in [-0.05, 0) is 12.0 Å². The Morgan fingerprint density at radius 3 is 2.46 bits per heavy atom. The molecule has 37 heavy (non-hydrogen) atoms. The number of piperidine rings is 1. The number of methoxy groups -OCH3 is 2. The Bertz CT molecular complexity index is 1280. The molecule has 0 aliphatic carbocycles. The van der Waals surface area contributed by atoms with Crippen LogP contribution >= 0.6 is 0 Å². The smallest absolute Gasteiger partial charge is 0.435 e. The molecule has 0 radical (unpaired) electrons. The van der Waals surface area contributed by atoms with E-state index in [1.807, 2.05) is 30.3 Å².